The fourth-order valence-electron chi connectivity index (χ4n) is 5.30. The average molecular weight is 678 g/mol. The zero-order valence-corrected chi connectivity index (χ0v) is 31.4. The van der Waals surface area contributed by atoms with Crippen LogP contribution in [-0.4, -0.2) is 75.5 Å². The number of carboxylic acid groups (broad SMARTS) is 1. The van der Waals surface area contributed by atoms with Gasteiger partial charge in [0, 0.05) is 19.3 Å². The zero-order valence-electron chi connectivity index (χ0n) is 31.4. The second-order valence-electron chi connectivity index (χ2n) is 13.8. The van der Waals surface area contributed by atoms with E-state index in [4.69, 9.17) is 14.2 Å². The highest BCUT2D eigenvalue weighted by atomic mass is 16.6. The molecule has 0 bridgehead atoms. The zero-order chi connectivity index (χ0) is 35.7. The topological polar surface area (TPSA) is 102 Å². The van der Waals surface area contributed by atoms with Crippen LogP contribution in [0.2, 0.25) is 0 Å². The first kappa shape index (κ1) is 45.6. The van der Waals surface area contributed by atoms with Crippen LogP contribution in [0.15, 0.2) is 36.5 Å². The molecule has 0 saturated heterocycles. The van der Waals surface area contributed by atoms with Crippen LogP contribution in [0.25, 0.3) is 0 Å². The van der Waals surface area contributed by atoms with Crippen LogP contribution in [0.4, 0.5) is 0 Å². The van der Waals surface area contributed by atoms with Crippen molar-refractivity contribution in [2.45, 2.75) is 161 Å². The molecule has 0 aromatic carbocycles. The monoisotopic (exact) mass is 678 g/mol. The van der Waals surface area contributed by atoms with Crippen LogP contribution in [0, 0.1) is 0 Å². The van der Waals surface area contributed by atoms with Crippen LogP contribution in [-0.2, 0) is 28.6 Å². The first-order valence-electron chi connectivity index (χ1n) is 19.0. The fraction of sp³-hybridized carbons (Fsp3) is 0.775. The number of carbonyl (C=O) groups excluding carboxylic acids is 3. The van der Waals surface area contributed by atoms with Crippen molar-refractivity contribution < 1.29 is 38.2 Å². The Kier molecular flexibility index (Phi) is 30.2. The van der Waals surface area contributed by atoms with E-state index in [0.717, 1.165) is 32.1 Å². The minimum atomic E-state index is -1.14. The maximum Gasteiger partial charge on any atom is 0.306 e. The molecule has 278 valence electrons. The van der Waals surface area contributed by atoms with E-state index in [0.29, 0.717) is 12.8 Å². The van der Waals surface area contributed by atoms with Gasteiger partial charge in [0.2, 0.25) is 0 Å². The third kappa shape index (κ3) is 29.7. The van der Waals surface area contributed by atoms with Gasteiger partial charge in [0.15, 0.2) is 6.10 Å². The van der Waals surface area contributed by atoms with E-state index in [1.807, 2.05) is 12.2 Å². The summed E-state index contributed by atoms with van der Waals surface area (Å²) in [6.45, 7) is 4.42. The summed E-state index contributed by atoms with van der Waals surface area (Å²) in [5, 5.41) is 11.5. The Labute approximate surface area is 293 Å². The van der Waals surface area contributed by atoms with Crippen molar-refractivity contribution in [3.8, 4) is 0 Å². The third-order valence-corrected chi connectivity index (χ3v) is 8.27. The van der Waals surface area contributed by atoms with Gasteiger partial charge in [0.1, 0.15) is 12.6 Å². The lowest BCUT2D eigenvalue weighted by atomic mass is 10.1. The van der Waals surface area contributed by atoms with Crippen molar-refractivity contribution in [1.29, 1.82) is 0 Å². The number of allylic oxidation sites excluding steroid dienone is 6. The van der Waals surface area contributed by atoms with E-state index in [-0.39, 0.29) is 43.1 Å². The quantitative estimate of drug-likeness (QED) is 0.0299. The van der Waals surface area contributed by atoms with Crippen molar-refractivity contribution in [2.75, 3.05) is 41.0 Å². The number of ether oxygens (including phenoxy) is 3. The number of hydrogen-bond acceptors (Lipinski definition) is 7. The molecular weight excluding hydrogens is 606 g/mol. The number of esters is 2. The van der Waals surface area contributed by atoms with E-state index in [1.54, 1.807) is 21.1 Å². The molecule has 0 aliphatic heterocycles. The molecule has 0 aromatic rings. The van der Waals surface area contributed by atoms with E-state index >= 15 is 0 Å². The van der Waals surface area contributed by atoms with Gasteiger partial charge < -0.3 is 28.6 Å². The standard InChI is InChI=1S/C40H71NO7/c1-6-8-10-12-14-15-16-17-18-19-20-21-22-23-25-26-28-30-38(42)47-35-36(34-46-33-32-37(40(44)45)41(3,4)5)48-39(43)31-29-27-24-13-11-9-7-2/h9,11,17-18,24,27,36-37H,6-8,10,12-16,19-23,25-26,28-35H2,1-5H3/b11-9+,18-17+,27-24+. The second kappa shape index (κ2) is 31.8. The van der Waals surface area contributed by atoms with Crippen LogP contribution in [0.1, 0.15) is 149 Å². The van der Waals surface area contributed by atoms with E-state index < -0.39 is 24.1 Å². The summed E-state index contributed by atoms with van der Waals surface area (Å²) in [6.07, 6.45) is 33.5. The smallest absolute Gasteiger partial charge is 0.306 e. The molecule has 8 heteroatoms. The van der Waals surface area contributed by atoms with E-state index in [2.05, 4.69) is 38.2 Å². The Bertz CT molecular complexity index is 891. The van der Waals surface area contributed by atoms with Crippen molar-refractivity contribution in [3.05, 3.63) is 36.5 Å². The number of likely N-dealkylation sites (N-methyl/N-ethyl adjacent to an activating group) is 1. The molecule has 0 aromatic heterocycles. The first-order valence-corrected chi connectivity index (χ1v) is 19.0. The first-order chi connectivity index (χ1) is 23.1. The molecule has 0 radical (unpaired) electrons. The summed E-state index contributed by atoms with van der Waals surface area (Å²) in [4.78, 5) is 36.4. The van der Waals surface area contributed by atoms with Gasteiger partial charge in [0.05, 0.1) is 40.3 Å². The molecule has 0 heterocycles. The number of hydrogen-bond donors (Lipinski definition) is 0. The number of nitrogens with zero attached hydrogens (tertiary/aromatic N) is 1. The van der Waals surface area contributed by atoms with Crippen LogP contribution < -0.4 is 5.11 Å². The highest BCUT2D eigenvalue weighted by Crippen LogP contribution is 2.13. The summed E-state index contributed by atoms with van der Waals surface area (Å²) in [6, 6.07) is -0.732. The van der Waals surface area contributed by atoms with Gasteiger partial charge in [-0.1, -0.05) is 115 Å². The molecule has 2 unspecified atom stereocenters. The molecule has 0 rings (SSSR count). The van der Waals surface area contributed by atoms with E-state index in [9.17, 15) is 19.5 Å². The minimum absolute atomic E-state index is 0.0164. The molecular formula is C40H71NO7. The van der Waals surface area contributed by atoms with Crippen LogP contribution in [0.5, 0.6) is 0 Å². The molecule has 0 amide bonds. The number of unbranched alkanes of at least 4 members (excludes halogenated alkanes) is 13. The molecule has 8 nitrogen and oxygen atoms in total. The Morgan fingerprint density at radius 3 is 1.79 bits per heavy atom. The highest BCUT2D eigenvalue weighted by molar-refractivity contribution is 5.70. The number of carbonyl (C=O) groups is 3. The average Bonchev–Trinajstić information content (AvgIpc) is 3.03. The predicted molar refractivity (Wildman–Crippen MR) is 194 cm³/mol. The molecule has 2 atom stereocenters. The Morgan fingerprint density at radius 1 is 0.646 bits per heavy atom. The lowest BCUT2D eigenvalue weighted by molar-refractivity contribution is -0.889. The molecule has 48 heavy (non-hydrogen) atoms. The number of carboxylic acids is 1. The van der Waals surface area contributed by atoms with Crippen molar-refractivity contribution in [2.24, 2.45) is 0 Å². The van der Waals surface area contributed by atoms with Gasteiger partial charge in [0.25, 0.3) is 0 Å². The summed E-state index contributed by atoms with van der Waals surface area (Å²) < 4.78 is 16.9. The highest BCUT2D eigenvalue weighted by Gasteiger charge is 2.25. The molecule has 0 N–H and O–H groups in total. The summed E-state index contributed by atoms with van der Waals surface area (Å²) >= 11 is 0. The van der Waals surface area contributed by atoms with Crippen molar-refractivity contribution >= 4 is 17.9 Å². The number of quaternary nitrogens is 1. The van der Waals surface area contributed by atoms with Crippen molar-refractivity contribution in [3.63, 3.8) is 0 Å². The SMILES string of the molecule is CC/C=C/C/C=C/CCC(=O)OC(COCCC(C(=O)[O-])[N+](C)(C)C)COC(=O)CCCCCCCCC/C=C/CCCCCCCC. The maximum atomic E-state index is 12.5. The normalized spacial score (nSPS) is 13.4. The van der Waals surface area contributed by atoms with Gasteiger partial charge in [-0.3, -0.25) is 9.59 Å². The molecule has 0 spiro atoms. The van der Waals surface area contributed by atoms with Gasteiger partial charge >= 0.3 is 11.9 Å². The summed E-state index contributed by atoms with van der Waals surface area (Å²) in [7, 11) is 5.37. The fourth-order valence-corrected chi connectivity index (χ4v) is 5.30. The third-order valence-electron chi connectivity index (χ3n) is 8.27. The van der Waals surface area contributed by atoms with Crippen LogP contribution >= 0.6 is 0 Å². The minimum Gasteiger partial charge on any atom is -0.544 e. The summed E-state index contributed by atoms with van der Waals surface area (Å²) in [5.41, 5.74) is 0. The van der Waals surface area contributed by atoms with Crippen LogP contribution in [0.3, 0.4) is 0 Å². The molecule has 0 aliphatic carbocycles. The largest absolute Gasteiger partial charge is 0.544 e. The lowest BCUT2D eigenvalue weighted by Gasteiger charge is -2.34. The van der Waals surface area contributed by atoms with Gasteiger partial charge in [-0.05, 0) is 51.4 Å². The molecule has 0 saturated carbocycles. The van der Waals surface area contributed by atoms with Gasteiger partial charge in [-0.2, -0.15) is 0 Å². The second-order valence-corrected chi connectivity index (χ2v) is 13.8. The number of aliphatic carboxylic acids is 1. The van der Waals surface area contributed by atoms with E-state index in [1.165, 1.54) is 77.0 Å². The molecule has 0 fully saturated rings. The number of rotatable bonds is 33. The maximum absolute atomic E-state index is 12.5. The Hall–Kier alpha value is -2.45. The van der Waals surface area contributed by atoms with Crippen molar-refractivity contribution in [1.82, 2.24) is 0 Å². The molecule has 0 aliphatic rings. The Balaban J connectivity index is 4.32. The predicted octanol–water partition coefficient (Wildman–Crippen LogP) is 8.18. The lowest BCUT2D eigenvalue weighted by Crippen LogP contribution is -2.55. The Morgan fingerprint density at radius 2 is 1.21 bits per heavy atom. The summed E-state index contributed by atoms with van der Waals surface area (Å²) in [5.74, 6) is -1.84. The van der Waals surface area contributed by atoms with Gasteiger partial charge in [-0.15, -0.1) is 0 Å². The van der Waals surface area contributed by atoms with Gasteiger partial charge in [-0.25, -0.2) is 0 Å².